The maximum Gasteiger partial charge on any atom is 0.191 e. The zero-order valence-electron chi connectivity index (χ0n) is 17.9. The summed E-state index contributed by atoms with van der Waals surface area (Å²) in [6.07, 6.45) is 3.05. The number of hydrogen-bond acceptors (Lipinski definition) is 4. The molecule has 0 aromatic heterocycles. The Morgan fingerprint density at radius 2 is 1.89 bits per heavy atom. The summed E-state index contributed by atoms with van der Waals surface area (Å²) in [5, 5.41) is 16.0. The smallest absolute Gasteiger partial charge is 0.191 e. The first-order chi connectivity index (χ1) is 13.5. The lowest BCUT2D eigenvalue weighted by Gasteiger charge is -2.26. The van der Waals surface area contributed by atoms with Crippen molar-refractivity contribution in [3.63, 3.8) is 0 Å². The number of aliphatic hydroxyl groups is 1. The highest BCUT2D eigenvalue weighted by molar-refractivity contribution is 5.79. The van der Waals surface area contributed by atoms with Crippen molar-refractivity contribution in [2.75, 3.05) is 39.5 Å². The molecular weight excluding hydrogens is 354 g/mol. The average Bonchev–Trinajstić information content (AvgIpc) is 2.70. The third-order valence-electron chi connectivity index (χ3n) is 5.09. The Morgan fingerprint density at radius 3 is 2.57 bits per heavy atom. The first-order valence-corrected chi connectivity index (χ1v) is 10.5. The molecule has 1 aliphatic rings. The number of hydrogen-bond donors (Lipinski definition) is 3. The van der Waals surface area contributed by atoms with Crippen molar-refractivity contribution >= 4 is 5.96 Å². The summed E-state index contributed by atoms with van der Waals surface area (Å²) in [4.78, 5) is 4.83. The highest BCUT2D eigenvalue weighted by Crippen LogP contribution is 2.35. The zero-order chi connectivity index (χ0) is 20.4. The molecule has 28 heavy (non-hydrogen) atoms. The van der Waals surface area contributed by atoms with Crippen LogP contribution in [0.15, 0.2) is 23.2 Å². The van der Waals surface area contributed by atoms with Crippen molar-refractivity contribution in [1.82, 2.24) is 10.6 Å². The molecule has 1 aliphatic heterocycles. The molecule has 6 nitrogen and oxygen atoms in total. The maximum absolute atomic E-state index is 9.26. The van der Waals surface area contributed by atoms with E-state index in [1.54, 1.807) is 0 Å². The Bertz CT molecular complexity index is 625. The van der Waals surface area contributed by atoms with Gasteiger partial charge in [-0.1, -0.05) is 33.3 Å². The molecule has 1 heterocycles. The van der Waals surface area contributed by atoms with Crippen LogP contribution in [0, 0.1) is 5.92 Å². The van der Waals surface area contributed by atoms with E-state index in [1.165, 1.54) is 5.56 Å². The first-order valence-electron chi connectivity index (χ1n) is 10.5. The van der Waals surface area contributed by atoms with Gasteiger partial charge in [0.2, 0.25) is 0 Å². The second-order valence-corrected chi connectivity index (χ2v) is 7.99. The minimum atomic E-state index is -0.133. The van der Waals surface area contributed by atoms with Crippen LogP contribution in [0.4, 0.5) is 0 Å². The van der Waals surface area contributed by atoms with Crippen molar-refractivity contribution in [3.05, 3.63) is 23.8 Å². The second-order valence-electron chi connectivity index (χ2n) is 7.99. The molecule has 0 aliphatic carbocycles. The summed E-state index contributed by atoms with van der Waals surface area (Å²) in [5.41, 5.74) is 1.05. The predicted molar refractivity (Wildman–Crippen MR) is 115 cm³/mol. The number of benzene rings is 1. The van der Waals surface area contributed by atoms with Crippen LogP contribution in [0.2, 0.25) is 0 Å². The van der Waals surface area contributed by atoms with Gasteiger partial charge in [0, 0.05) is 25.1 Å². The molecule has 6 heteroatoms. The molecule has 0 radical (unpaired) electrons. The second kappa shape index (κ2) is 11.1. The minimum Gasteiger partial charge on any atom is -0.486 e. The highest BCUT2D eigenvalue weighted by Gasteiger charge is 2.23. The van der Waals surface area contributed by atoms with Gasteiger partial charge in [-0.2, -0.15) is 0 Å². The van der Waals surface area contributed by atoms with Gasteiger partial charge in [0.05, 0.1) is 6.54 Å². The molecule has 1 unspecified atom stereocenters. The van der Waals surface area contributed by atoms with Crippen LogP contribution < -0.4 is 20.1 Å². The SMILES string of the molecule is CCCC(CCO)CNC(=NCC(C)(C)c1ccc2c(c1)OCCO2)NCC. The van der Waals surface area contributed by atoms with Crippen molar-refractivity contribution < 1.29 is 14.6 Å². The van der Waals surface area contributed by atoms with Crippen LogP contribution in [0.3, 0.4) is 0 Å². The van der Waals surface area contributed by atoms with E-state index < -0.39 is 0 Å². The Morgan fingerprint density at radius 1 is 1.14 bits per heavy atom. The van der Waals surface area contributed by atoms with E-state index in [1.807, 2.05) is 6.07 Å². The van der Waals surface area contributed by atoms with Gasteiger partial charge >= 0.3 is 0 Å². The van der Waals surface area contributed by atoms with Crippen LogP contribution in [0.25, 0.3) is 0 Å². The summed E-state index contributed by atoms with van der Waals surface area (Å²) in [7, 11) is 0. The fraction of sp³-hybridized carbons (Fsp3) is 0.682. The lowest BCUT2D eigenvalue weighted by Crippen LogP contribution is -2.41. The number of fused-ring (bicyclic) bond motifs is 1. The third kappa shape index (κ3) is 6.59. The summed E-state index contributed by atoms with van der Waals surface area (Å²) < 4.78 is 11.4. The van der Waals surface area contributed by atoms with Crippen molar-refractivity contribution in [3.8, 4) is 11.5 Å². The largest absolute Gasteiger partial charge is 0.486 e. The molecule has 1 aromatic carbocycles. The van der Waals surface area contributed by atoms with Gasteiger partial charge in [-0.05, 0) is 43.4 Å². The molecule has 0 amide bonds. The zero-order valence-corrected chi connectivity index (χ0v) is 17.9. The summed E-state index contributed by atoms with van der Waals surface area (Å²) in [6, 6.07) is 6.16. The fourth-order valence-corrected chi connectivity index (χ4v) is 3.35. The highest BCUT2D eigenvalue weighted by atomic mass is 16.6. The molecular formula is C22H37N3O3. The van der Waals surface area contributed by atoms with Gasteiger partial charge in [-0.3, -0.25) is 4.99 Å². The van der Waals surface area contributed by atoms with E-state index >= 15 is 0 Å². The van der Waals surface area contributed by atoms with Crippen LogP contribution in [-0.2, 0) is 5.41 Å². The number of aliphatic imine (C=N–C) groups is 1. The molecule has 0 bridgehead atoms. The van der Waals surface area contributed by atoms with E-state index in [2.05, 4.69) is 50.5 Å². The van der Waals surface area contributed by atoms with Crippen molar-refractivity contribution in [2.24, 2.45) is 10.9 Å². The topological polar surface area (TPSA) is 75.1 Å². The predicted octanol–water partition coefficient (Wildman–Crippen LogP) is 3.09. The van der Waals surface area contributed by atoms with Crippen LogP contribution >= 0.6 is 0 Å². The normalized spacial score (nSPS) is 15.2. The van der Waals surface area contributed by atoms with Gasteiger partial charge in [-0.25, -0.2) is 0 Å². The van der Waals surface area contributed by atoms with E-state index in [4.69, 9.17) is 14.5 Å². The Hall–Kier alpha value is -1.95. The number of nitrogens with one attached hydrogen (secondary N) is 2. The third-order valence-corrected chi connectivity index (χ3v) is 5.09. The maximum atomic E-state index is 9.26. The van der Waals surface area contributed by atoms with Gasteiger partial charge in [0.15, 0.2) is 17.5 Å². The Kier molecular flexibility index (Phi) is 8.90. The molecule has 2 rings (SSSR count). The molecule has 0 spiro atoms. The number of rotatable bonds is 10. The minimum absolute atomic E-state index is 0.133. The average molecular weight is 392 g/mol. The summed E-state index contributed by atoms with van der Waals surface area (Å²) in [6.45, 7) is 12.4. The molecule has 3 N–H and O–H groups in total. The molecule has 0 saturated heterocycles. The van der Waals surface area contributed by atoms with Crippen molar-refractivity contribution in [1.29, 1.82) is 0 Å². The molecule has 1 atom stereocenters. The van der Waals surface area contributed by atoms with E-state index in [0.29, 0.717) is 25.7 Å². The van der Waals surface area contributed by atoms with E-state index in [-0.39, 0.29) is 12.0 Å². The van der Waals surface area contributed by atoms with Crippen LogP contribution in [0.5, 0.6) is 11.5 Å². The number of aliphatic hydroxyl groups excluding tert-OH is 1. The van der Waals surface area contributed by atoms with E-state index in [9.17, 15) is 5.11 Å². The monoisotopic (exact) mass is 391 g/mol. The molecule has 0 saturated carbocycles. The standard InChI is InChI=1S/C22H37N3O3/c1-5-7-17(10-11-26)15-24-21(23-6-2)25-16-22(3,4)18-8-9-19-20(14-18)28-13-12-27-19/h8-9,14,17,26H,5-7,10-13,15-16H2,1-4H3,(H2,23,24,25). The number of nitrogens with zero attached hydrogens (tertiary/aromatic N) is 1. The quantitative estimate of drug-likeness (QED) is 0.422. The van der Waals surface area contributed by atoms with Crippen LogP contribution in [-0.4, -0.2) is 50.5 Å². The molecule has 0 fully saturated rings. The lowest BCUT2D eigenvalue weighted by atomic mass is 9.84. The Balaban J connectivity index is 2.03. The van der Waals surface area contributed by atoms with Gasteiger partial charge in [0.25, 0.3) is 0 Å². The van der Waals surface area contributed by atoms with Gasteiger partial charge in [-0.15, -0.1) is 0 Å². The molecule has 158 valence electrons. The number of ether oxygens (including phenoxy) is 2. The van der Waals surface area contributed by atoms with Crippen LogP contribution in [0.1, 0.15) is 52.5 Å². The van der Waals surface area contributed by atoms with Gasteiger partial charge in [0.1, 0.15) is 13.2 Å². The van der Waals surface area contributed by atoms with Gasteiger partial charge < -0.3 is 25.2 Å². The molecule has 1 aromatic rings. The Labute approximate surface area is 169 Å². The fourth-order valence-electron chi connectivity index (χ4n) is 3.35. The first kappa shape index (κ1) is 22.3. The van der Waals surface area contributed by atoms with E-state index in [0.717, 1.165) is 49.8 Å². The summed E-state index contributed by atoms with van der Waals surface area (Å²) in [5.74, 6) is 2.92. The summed E-state index contributed by atoms with van der Waals surface area (Å²) >= 11 is 0. The number of guanidine groups is 1. The lowest BCUT2D eigenvalue weighted by molar-refractivity contribution is 0.171. The van der Waals surface area contributed by atoms with Crippen molar-refractivity contribution in [2.45, 2.75) is 52.4 Å².